The maximum Gasteiger partial charge on any atom is 0.0675 e. The van der Waals surface area contributed by atoms with Crippen molar-refractivity contribution in [2.45, 2.75) is 83.8 Å². The predicted molar refractivity (Wildman–Crippen MR) is 90.3 cm³/mol. The molecule has 22 heavy (non-hydrogen) atoms. The number of rotatable bonds is 0. The minimum absolute atomic E-state index is 0.140. The van der Waals surface area contributed by atoms with Crippen LogP contribution in [0.4, 0.5) is 0 Å². The van der Waals surface area contributed by atoms with E-state index < -0.39 is 5.60 Å². The van der Waals surface area contributed by atoms with Gasteiger partial charge in [0.25, 0.3) is 0 Å². The normalized spacial score (nSPS) is 57.6. The number of hydrogen-bond donors (Lipinski definition) is 2. The molecular weight excluding hydrogens is 270 g/mol. The van der Waals surface area contributed by atoms with Crippen molar-refractivity contribution in [2.24, 2.45) is 34.3 Å². The molecule has 2 nitrogen and oxygen atoms in total. The number of nitrogens with two attached hydrogens (primary N) is 1. The summed E-state index contributed by atoms with van der Waals surface area (Å²) in [4.78, 5) is 0. The van der Waals surface area contributed by atoms with Crippen molar-refractivity contribution in [3.8, 4) is 0 Å². The van der Waals surface area contributed by atoms with Crippen LogP contribution in [0.25, 0.3) is 0 Å². The minimum Gasteiger partial charge on any atom is -0.390 e. The Morgan fingerprint density at radius 1 is 1.05 bits per heavy atom. The van der Waals surface area contributed by atoms with E-state index in [0.29, 0.717) is 17.4 Å². The third kappa shape index (κ3) is 1.80. The van der Waals surface area contributed by atoms with Gasteiger partial charge in [-0.3, -0.25) is 0 Å². The van der Waals surface area contributed by atoms with Gasteiger partial charge < -0.3 is 10.8 Å². The van der Waals surface area contributed by atoms with Crippen molar-refractivity contribution < 1.29 is 5.11 Å². The van der Waals surface area contributed by atoms with Gasteiger partial charge in [0, 0.05) is 6.04 Å². The molecule has 0 aliphatic heterocycles. The molecule has 0 heterocycles. The van der Waals surface area contributed by atoms with E-state index >= 15 is 0 Å². The summed E-state index contributed by atoms with van der Waals surface area (Å²) in [5, 5.41) is 10.9. The molecule has 3 fully saturated rings. The van der Waals surface area contributed by atoms with Gasteiger partial charge in [0.1, 0.15) is 0 Å². The summed E-state index contributed by atoms with van der Waals surface area (Å²) < 4.78 is 0. The lowest BCUT2D eigenvalue weighted by molar-refractivity contribution is -0.113. The van der Waals surface area contributed by atoms with Crippen LogP contribution in [0.3, 0.4) is 0 Å². The predicted octanol–water partition coefficient (Wildman–Crippen LogP) is 4.03. The van der Waals surface area contributed by atoms with Crippen LogP contribution in [0.2, 0.25) is 0 Å². The molecule has 0 radical (unpaired) electrons. The first-order chi connectivity index (χ1) is 10.3. The van der Waals surface area contributed by atoms with Gasteiger partial charge in [-0.1, -0.05) is 25.5 Å². The fourth-order valence-electron chi connectivity index (χ4n) is 6.93. The quantitative estimate of drug-likeness (QED) is 0.664. The Labute approximate surface area is 135 Å². The van der Waals surface area contributed by atoms with E-state index in [-0.39, 0.29) is 5.41 Å². The summed E-state index contributed by atoms with van der Waals surface area (Å²) in [6.07, 6.45) is 12.1. The summed E-state index contributed by atoms with van der Waals surface area (Å²) in [5.41, 5.74) is 7.99. The summed E-state index contributed by atoms with van der Waals surface area (Å²) in [6.45, 7) is 7.00. The maximum atomic E-state index is 10.9. The fraction of sp³-hybridized carbons (Fsp3) is 0.900. The maximum absolute atomic E-state index is 10.9. The molecule has 0 amide bonds. The van der Waals surface area contributed by atoms with Gasteiger partial charge in [-0.15, -0.1) is 0 Å². The van der Waals surface area contributed by atoms with E-state index in [2.05, 4.69) is 26.8 Å². The van der Waals surface area contributed by atoms with Gasteiger partial charge in [0.15, 0.2) is 0 Å². The van der Waals surface area contributed by atoms with Gasteiger partial charge in [-0.25, -0.2) is 0 Å². The Hall–Kier alpha value is -0.340. The number of allylic oxidation sites excluding steroid dienone is 1. The van der Waals surface area contributed by atoms with Gasteiger partial charge in [-0.05, 0) is 86.9 Å². The molecule has 4 rings (SSSR count). The van der Waals surface area contributed by atoms with Crippen LogP contribution in [0, 0.1) is 28.6 Å². The van der Waals surface area contributed by atoms with Crippen LogP contribution in [0.5, 0.6) is 0 Å². The second-order valence-corrected chi connectivity index (χ2v) is 9.53. The van der Waals surface area contributed by atoms with Crippen molar-refractivity contribution >= 4 is 0 Å². The van der Waals surface area contributed by atoms with Crippen molar-refractivity contribution in [2.75, 3.05) is 0 Å². The number of aliphatic hydroxyl groups is 1. The first-order valence-corrected chi connectivity index (χ1v) is 9.45. The van der Waals surface area contributed by atoms with Crippen LogP contribution >= 0.6 is 0 Å². The molecule has 0 saturated heterocycles. The SMILES string of the molecule is C[C@]12CC[C@H](N)CC1=CC[C@@H]1[C@@H]2CC[C@@]2(C)[C@H]1CC[C@]2(C)O. The smallest absolute Gasteiger partial charge is 0.0675 e. The third-order valence-electron chi connectivity index (χ3n) is 8.70. The molecule has 3 saturated carbocycles. The van der Waals surface area contributed by atoms with Crippen LogP contribution < -0.4 is 5.73 Å². The summed E-state index contributed by atoms with van der Waals surface area (Å²) in [6, 6.07) is 0.386. The lowest BCUT2D eigenvalue weighted by atomic mass is 9.47. The van der Waals surface area contributed by atoms with Crippen molar-refractivity contribution in [1.82, 2.24) is 0 Å². The molecule has 4 aliphatic rings. The highest BCUT2D eigenvalue weighted by atomic mass is 16.3. The molecule has 4 aliphatic carbocycles. The van der Waals surface area contributed by atoms with Gasteiger partial charge in [-0.2, -0.15) is 0 Å². The second-order valence-electron chi connectivity index (χ2n) is 9.53. The Morgan fingerprint density at radius 3 is 2.55 bits per heavy atom. The molecule has 124 valence electrons. The van der Waals surface area contributed by atoms with Crippen LogP contribution in [0.15, 0.2) is 11.6 Å². The lowest BCUT2D eigenvalue weighted by Crippen LogP contribution is -2.54. The average molecular weight is 303 g/mol. The van der Waals surface area contributed by atoms with E-state index in [9.17, 15) is 5.11 Å². The zero-order valence-electron chi connectivity index (χ0n) is 14.6. The molecule has 0 unspecified atom stereocenters. The Kier molecular flexibility index (Phi) is 3.18. The van der Waals surface area contributed by atoms with Crippen molar-refractivity contribution in [3.05, 3.63) is 11.6 Å². The largest absolute Gasteiger partial charge is 0.390 e. The molecular formula is C20H33NO. The highest BCUT2D eigenvalue weighted by Gasteiger charge is 2.61. The molecule has 0 bridgehead atoms. The highest BCUT2D eigenvalue weighted by molar-refractivity contribution is 5.26. The standard InChI is InChI=1S/C20H33NO/c1-18-9-6-14(21)12-13(18)4-5-15-16(18)7-10-19(2)17(15)8-11-20(19,3)22/h4,14-17,22H,5-12,21H2,1-3H3/t14-,15+,16-,17-,18-,19-,20-/m0/s1. The van der Waals surface area contributed by atoms with Gasteiger partial charge >= 0.3 is 0 Å². The van der Waals surface area contributed by atoms with E-state index in [1.165, 1.54) is 38.5 Å². The van der Waals surface area contributed by atoms with E-state index in [1.807, 2.05) is 0 Å². The second kappa shape index (κ2) is 4.60. The molecule has 3 N–H and O–H groups in total. The summed E-state index contributed by atoms with van der Waals surface area (Å²) >= 11 is 0. The zero-order chi connectivity index (χ0) is 15.8. The third-order valence-corrected chi connectivity index (χ3v) is 8.70. The Balaban J connectivity index is 1.69. The lowest BCUT2D eigenvalue weighted by Gasteiger charge is -2.58. The molecule has 0 spiro atoms. The van der Waals surface area contributed by atoms with Gasteiger partial charge in [0.2, 0.25) is 0 Å². The van der Waals surface area contributed by atoms with Crippen LogP contribution in [-0.4, -0.2) is 16.7 Å². The van der Waals surface area contributed by atoms with E-state index in [0.717, 1.165) is 24.7 Å². The number of fused-ring (bicyclic) bond motifs is 5. The highest BCUT2D eigenvalue weighted by Crippen LogP contribution is 2.66. The summed E-state index contributed by atoms with van der Waals surface area (Å²) in [7, 11) is 0. The summed E-state index contributed by atoms with van der Waals surface area (Å²) in [5.74, 6) is 2.33. The minimum atomic E-state index is -0.456. The van der Waals surface area contributed by atoms with Gasteiger partial charge in [0.05, 0.1) is 5.60 Å². The average Bonchev–Trinajstić information content (AvgIpc) is 2.70. The van der Waals surface area contributed by atoms with Crippen molar-refractivity contribution in [1.29, 1.82) is 0 Å². The molecule has 0 aromatic heterocycles. The molecule has 0 aromatic carbocycles. The number of hydrogen-bond acceptors (Lipinski definition) is 2. The Morgan fingerprint density at radius 2 is 1.77 bits per heavy atom. The fourth-order valence-corrected chi connectivity index (χ4v) is 6.93. The van der Waals surface area contributed by atoms with E-state index in [4.69, 9.17) is 5.73 Å². The van der Waals surface area contributed by atoms with Crippen LogP contribution in [-0.2, 0) is 0 Å². The monoisotopic (exact) mass is 303 g/mol. The van der Waals surface area contributed by atoms with Crippen molar-refractivity contribution in [3.63, 3.8) is 0 Å². The Bertz CT molecular complexity index is 510. The molecule has 0 aromatic rings. The first-order valence-electron chi connectivity index (χ1n) is 9.45. The molecule has 2 heteroatoms. The van der Waals surface area contributed by atoms with Crippen LogP contribution in [0.1, 0.15) is 72.1 Å². The molecule has 7 atom stereocenters. The topological polar surface area (TPSA) is 46.2 Å². The zero-order valence-corrected chi connectivity index (χ0v) is 14.6. The van der Waals surface area contributed by atoms with E-state index in [1.54, 1.807) is 5.57 Å². The first kappa shape index (κ1) is 15.2.